The monoisotopic (exact) mass is 344 g/mol. The Hall–Kier alpha value is -1.49. The number of halogens is 1. The van der Waals surface area contributed by atoms with Gasteiger partial charge in [0.05, 0.1) is 5.69 Å². The molecular weight excluding hydrogens is 332 g/mol. The number of rotatable bonds is 3. The maximum Gasteiger partial charge on any atom is 0.124 e. The first-order chi connectivity index (χ1) is 9.76. The molecule has 1 heterocycles. The first-order valence-corrected chi connectivity index (χ1v) is 7.94. The maximum absolute atomic E-state index is 5.69. The van der Waals surface area contributed by atoms with Crippen molar-refractivity contribution in [1.29, 1.82) is 0 Å². The van der Waals surface area contributed by atoms with Gasteiger partial charge >= 0.3 is 0 Å². The molecule has 0 unspecified atom stereocenters. The highest BCUT2D eigenvalue weighted by Gasteiger charge is 2.07. The topological polar surface area (TPSA) is 38.9 Å². The van der Waals surface area contributed by atoms with Crippen LogP contribution in [0.2, 0.25) is 0 Å². The molecule has 0 aliphatic rings. The summed E-state index contributed by atoms with van der Waals surface area (Å²) in [6.45, 7) is 0.554. The van der Waals surface area contributed by atoms with Crippen molar-refractivity contribution in [2.24, 2.45) is 5.73 Å². The molecule has 4 heteroatoms. The molecular formula is C16H13BrN2S. The lowest BCUT2D eigenvalue weighted by Crippen LogP contribution is -1.95. The fourth-order valence-corrected chi connectivity index (χ4v) is 3.08. The highest BCUT2D eigenvalue weighted by atomic mass is 79.9. The molecule has 3 aromatic rings. The third kappa shape index (κ3) is 2.82. The van der Waals surface area contributed by atoms with Crippen molar-refractivity contribution in [2.75, 3.05) is 0 Å². The molecule has 0 spiro atoms. The summed E-state index contributed by atoms with van der Waals surface area (Å²) in [5, 5.41) is 3.12. The van der Waals surface area contributed by atoms with Gasteiger partial charge in [-0.2, -0.15) is 0 Å². The largest absolute Gasteiger partial charge is 0.326 e. The van der Waals surface area contributed by atoms with Crippen LogP contribution in [0.15, 0.2) is 58.4 Å². The van der Waals surface area contributed by atoms with Crippen LogP contribution in [0.25, 0.3) is 21.8 Å². The molecule has 0 saturated heterocycles. The number of benzene rings is 2. The van der Waals surface area contributed by atoms with Crippen molar-refractivity contribution < 1.29 is 0 Å². The van der Waals surface area contributed by atoms with Crippen molar-refractivity contribution in [3.05, 3.63) is 63.9 Å². The predicted octanol–water partition coefficient (Wildman–Crippen LogP) is 4.70. The van der Waals surface area contributed by atoms with Crippen molar-refractivity contribution in [3.63, 3.8) is 0 Å². The van der Waals surface area contributed by atoms with E-state index in [0.29, 0.717) is 6.54 Å². The number of thiazole rings is 1. The summed E-state index contributed by atoms with van der Waals surface area (Å²) in [5.74, 6) is 0. The molecule has 100 valence electrons. The number of aromatic nitrogens is 1. The van der Waals surface area contributed by atoms with E-state index in [2.05, 4.69) is 45.6 Å². The van der Waals surface area contributed by atoms with Crippen molar-refractivity contribution in [2.45, 2.75) is 6.54 Å². The Balaban J connectivity index is 1.95. The van der Waals surface area contributed by atoms with Gasteiger partial charge in [0, 0.05) is 27.5 Å². The zero-order valence-corrected chi connectivity index (χ0v) is 13.1. The van der Waals surface area contributed by atoms with E-state index < -0.39 is 0 Å². The molecule has 0 atom stereocenters. The molecule has 0 radical (unpaired) electrons. The van der Waals surface area contributed by atoms with Gasteiger partial charge in [-0.15, -0.1) is 11.3 Å². The third-order valence-electron chi connectivity index (χ3n) is 3.05. The van der Waals surface area contributed by atoms with Crippen LogP contribution in [0, 0.1) is 0 Å². The second-order valence-electron chi connectivity index (χ2n) is 4.45. The normalized spacial score (nSPS) is 10.7. The van der Waals surface area contributed by atoms with E-state index in [4.69, 9.17) is 10.7 Å². The first-order valence-electron chi connectivity index (χ1n) is 6.27. The van der Waals surface area contributed by atoms with E-state index in [1.54, 1.807) is 11.3 Å². The van der Waals surface area contributed by atoms with Gasteiger partial charge < -0.3 is 5.73 Å². The summed E-state index contributed by atoms with van der Waals surface area (Å²) in [7, 11) is 0. The molecule has 0 saturated carbocycles. The average molecular weight is 345 g/mol. The molecule has 0 fully saturated rings. The van der Waals surface area contributed by atoms with Gasteiger partial charge in [-0.25, -0.2) is 4.98 Å². The van der Waals surface area contributed by atoms with Crippen molar-refractivity contribution in [3.8, 4) is 21.8 Å². The van der Waals surface area contributed by atoms with Crippen LogP contribution in [0.3, 0.4) is 0 Å². The summed E-state index contributed by atoms with van der Waals surface area (Å²) in [5.41, 5.74) is 10.1. The van der Waals surface area contributed by atoms with Crippen molar-refractivity contribution in [1.82, 2.24) is 4.98 Å². The molecule has 0 aliphatic heterocycles. The minimum Gasteiger partial charge on any atom is -0.326 e. The zero-order valence-electron chi connectivity index (χ0n) is 10.7. The Kier molecular flexibility index (Phi) is 3.96. The van der Waals surface area contributed by atoms with Crippen LogP contribution in [-0.2, 0) is 6.54 Å². The van der Waals surface area contributed by atoms with E-state index >= 15 is 0 Å². The summed E-state index contributed by atoms with van der Waals surface area (Å²) < 4.78 is 1.08. The summed E-state index contributed by atoms with van der Waals surface area (Å²) in [6.07, 6.45) is 0. The van der Waals surface area contributed by atoms with Gasteiger partial charge in [-0.1, -0.05) is 46.3 Å². The first kappa shape index (κ1) is 13.5. The average Bonchev–Trinajstić information content (AvgIpc) is 2.98. The predicted molar refractivity (Wildman–Crippen MR) is 88.6 cm³/mol. The van der Waals surface area contributed by atoms with Gasteiger partial charge in [0.1, 0.15) is 5.01 Å². The van der Waals surface area contributed by atoms with Crippen LogP contribution in [-0.4, -0.2) is 4.98 Å². The number of hydrogen-bond acceptors (Lipinski definition) is 3. The molecule has 20 heavy (non-hydrogen) atoms. The Morgan fingerprint density at radius 1 is 1.05 bits per heavy atom. The number of nitrogens with two attached hydrogens (primary N) is 1. The molecule has 0 bridgehead atoms. The minimum absolute atomic E-state index is 0.554. The third-order valence-corrected chi connectivity index (χ3v) is 4.47. The lowest BCUT2D eigenvalue weighted by Gasteiger charge is -2.00. The zero-order chi connectivity index (χ0) is 13.9. The molecule has 2 N–H and O–H groups in total. The molecule has 0 amide bonds. The fraction of sp³-hybridized carbons (Fsp3) is 0.0625. The molecule has 2 nitrogen and oxygen atoms in total. The standard InChI is InChI=1S/C16H13BrN2S/c17-14-6-4-12(5-7-14)15-10-20-16(19-15)13-3-1-2-11(8-13)9-18/h1-8,10H,9,18H2. The summed E-state index contributed by atoms with van der Waals surface area (Å²) >= 11 is 5.10. The van der Waals surface area contributed by atoms with E-state index in [-0.39, 0.29) is 0 Å². The summed E-state index contributed by atoms with van der Waals surface area (Å²) in [4.78, 5) is 4.72. The summed E-state index contributed by atoms with van der Waals surface area (Å²) in [6, 6.07) is 16.4. The number of nitrogens with zero attached hydrogens (tertiary/aromatic N) is 1. The second kappa shape index (κ2) is 5.87. The smallest absolute Gasteiger partial charge is 0.124 e. The van der Waals surface area contributed by atoms with Gasteiger partial charge in [0.2, 0.25) is 0 Å². The Bertz CT molecular complexity index is 719. The van der Waals surface area contributed by atoms with Gasteiger partial charge in [-0.05, 0) is 23.8 Å². The van der Waals surface area contributed by atoms with Gasteiger partial charge in [0.25, 0.3) is 0 Å². The van der Waals surface area contributed by atoms with E-state index in [1.807, 2.05) is 24.3 Å². The highest BCUT2D eigenvalue weighted by molar-refractivity contribution is 9.10. The molecule has 2 aromatic carbocycles. The van der Waals surface area contributed by atoms with Gasteiger partial charge in [-0.3, -0.25) is 0 Å². The second-order valence-corrected chi connectivity index (χ2v) is 6.22. The molecule has 3 rings (SSSR count). The van der Waals surface area contributed by atoms with Crippen LogP contribution >= 0.6 is 27.3 Å². The Morgan fingerprint density at radius 3 is 2.60 bits per heavy atom. The van der Waals surface area contributed by atoms with Crippen LogP contribution in [0.1, 0.15) is 5.56 Å². The molecule has 1 aromatic heterocycles. The quantitative estimate of drug-likeness (QED) is 0.747. The maximum atomic E-state index is 5.69. The Morgan fingerprint density at radius 2 is 1.85 bits per heavy atom. The van der Waals surface area contributed by atoms with E-state index in [9.17, 15) is 0 Å². The Labute approximate surface area is 130 Å². The number of hydrogen-bond donors (Lipinski definition) is 1. The van der Waals surface area contributed by atoms with Crippen LogP contribution in [0.5, 0.6) is 0 Å². The van der Waals surface area contributed by atoms with Crippen molar-refractivity contribution >= 4 is 27.3 Å². The lowest BCUT2D eigenvalue weighted by atomic mass is 10.1. The van der Waals surface area contributed by atoms with Gasteiger partial charge in [0.15, 0.2) is 0 Å². The van der Waals surface area contributed by atoms with E-state index in [1.165, 1.54) is 0 Å². The highest BCUT2D eigenvalue weighted by Crippen LogP contribution is 2.29. The van der Waals surface area contributed by atoms with Crippen LogP contribution < -0.4 is 5.73 Å². The SMILES string of the molecule is NCc1cccc(-c2nc(-c3ccc(Br)cc3)cs2)c1. The lowest BCUT2D eigenvalue weighted by molar-refractivity contribution is 1.07. The minimum atomic E-state index is 0.554. The van der Waals surface area contributed by atoms with Crippen LogP contribution in [0.4, 0.5) is 0 Å². The van der Waals surface area contributed by atoms with E-state index in [0.717, 1.165) is 31.9 Å². The fourth-order valence-electron chi connectivity index (χ4n) is 1.99. The molecule has 0 aliphatic carbocycles.